The summed E-state index contributed by atoms with van der Waals surface area (Å²) >= 11 is 0. The number of likely N-dealkylation sites (tertiary alicyclic amines) is 1. The third-order valence-electron chi connectivity index (χ3n) is 3.91. The third kappa shape index (κ3) is 1.95. The van der Waals surface area contributed by atoms with Gasteiger partial charge in [0.15, 0.2) is 0 Å². The Balaban J connectivity index is 1.96. The predicted molar refractivity (Wildman–Crippen MR) is 74.7 cm³/mol. The quantitative estimate of drug-likeness (QED) is 0.880. The largest absolute Gasteiger partial charge is 0.480 e. The summed E-state index contributed by atoms with van der Waals surface area (Å²) in [4.78, 5) is 28.2. The molecule has 1 saturated heterocycles. The molecule has 5 nitrogen and oxygen atoms in total. The minimum atomic E-state index is -0.928. The molecule has 1 aromatic heterocycles. The van der Waals surface area contributed by atoms with E-state index in [-0.39, 0.29) is 5.91 Å². The first-order valence-electron chi connectivity index (χ1n) is 6.70. The van der Waals surface area contributed by atoms with Crippen LogP contribution in [0.1, 0.15) is 28.9 Å². The van der Waals surface area contributed by atoms with Crippen LogP contribution in [0, 0.1) is 6.92 Å². The monoisotopic (exact) mass is 272 g/mol. The van der Waals surface area contributed by atoms with Crippen LogP contribution < -0.4 is 0 Å². The molecule has 0 saturated carbocycles. The molecule has 0 radical (unpaired) electrons. The van der Waals surface area contributed by atoms with Gasteiger partial charge >= 0.3 is 5.97 Å². The number of carboxylic acids is 1. The number of aryl methyl sites for hydroxylation is 1. The van der Waals surface area contributed by atoms with Crippen LogP contribution >= 0.6 is 0 Å². The van der Waals surface area contributed by atoms with Crippen molar-refractivity contribution < 1.29 is 14.7 Å². The number of carbonyl (C=O) groups is 2. The maximum atomic E-state index is 12.5. The second-order valence-electron chi connectivity index (χ2n) is 5.21. The predicted octanol–water partition coefficient (Wildman–Crippen LogP) is 2.17. The lowest BCUT2D eigenvalue weighted by molar-refractivity contribution is -0.141. The van der Waals surface area contributed by atoms with Crippen LogP contribution in [0.15, 0.2) is 24.3 Å². The van der Waals surface area contributed by atoms with Gasteiger partial charge in [-0.25, -0.2) is 4.79 Å². The van der Waals surface area contributed by atoms with Gasteiger partial charge in [0.2, 0.25) is 0 Å². The van der Waals surface area contributed by atoms with Gasteiger partial charge in [-0.2, -0.15) is 0 Å². The summed E-state index contributed by atoms with van der Waals surface area (Å²) in [5.74, 6) is -1.16. The lowest BCUT2D eigenvalue weighted by atomic mass is 10.1. The van der Waals surface area contributed by atoms with E-state index in [1.54, 1.807) is 0 Å². The van der Waals surface area contributed by atoms with Gasteiger partial charge in [-0.3, -0.25) is 4.79 Å². The van der Waals surface area contributed by atoms with E-state index in [4.69, 9.17) is 5.11 Å². The van der Waals surface area contributed by atoms with E-state index in [1.165, 1.54) is 4.90 Å². The molecule has 2 aromatic rings. The number of aromatic nitrogens is 1. The number of nitrogens with zero attached hydrogens (tertiary/aromatic N) is 1. The highest BCUT2D eigenvalue weighted by Crippen LogP contribution is 2.24. The Morgan fingerprint density at radius 2 is 2.20 bits per heavy atom. The Morgan fingerprint density at radius 3 is 2.90 bits per heavy atom. The normalized spacial score (nSPS) is 18.6. The minimum Gasteiger partial charge on any atom is -0.480 e. The first-order valence-corrected chi connectivity index (χ1v) is 6.70. The number of aromatic amines is 1. The van der Waals surface area contributed by atoms with Crippen molar-refractivity contribution in [1.29, 1.82) is 0 Å². The summed E-state index contributed by atoms with van der Waals surface area (Å²) < 4.78 is 0. The summed E-state index contributed by atoms with van der Waals surface area (Å²) in [6.45, 7) is 2.49. The van der Waals surface area contributed by atoms with E-state index in [9.17, 15) is 9.59 Å². The smallest absolute Gasteiger partial charge is 0.326 e. The second-order valence-corrected chi connectivity index (χ2v) is 5.21. The Hall–Kier alpha value is -2.30. The highest BCUT2D eigenvalue weighted by Gasteiger charge is 2.34. The summed E-state index contributed by atoms with van der Waals surface area (Å²) in [7, 11) is 0. The van der Waals surface area contributed by atoms with Crippen LogP contribution in [0.3, 0.4) is 0 Å². The number of hydrogen-bond acceptors (Lipinski definition) is 2. The first kappa shape index (κ1) is 12.7. The second kappa shape index (κ2) is 4.67. The number of aliphatic carboxylic acids is 1. The van der Waals surface area contributed by atoms with Crippen LogP contribution in [0.5, 0.6) is 0 Å². The van der Waals surface area contributed by atoms with E-state index in [0.717, 1.165) is 22.9 Å². The molecule has 1 aliphatic heterocycles. The van der Waals surface area contributed by atoms with E-state index in [0.29, 0.717) is 18.7 Å². The van der Waals surface area contributed by atoms with Crippen LogP contribution in [0.2, 0.25) is 0 Å². The first-order chi connectivity index (χ1) is 9.58. The fourth-order valence-corrected chi connectivity index (χ4v) is 2.84. The fraction of sp³-hybridized carbons (Fsp3) is 0.333. The number of amides is 1. The number of carboxylic acid groups (broad SMARTS) is 1. The maximum absolute atomic E-state index is 12.5. The molecule has 1 amide bonds. The molecule has 2 heterocycles. The average Bonchev–Trinajstić information content (AvgIpc) is 3.05. The molecular formula is C15H16N2O3. The van der Waals surface area contributed by atoms with Gasteiger partial charge in [0.25, 0.3) is 5.91 Å². The molecule has 1 atom stereocenters. The molecule has 20 heavy (non-hydrogen) atoms. The van der Waals surface area contributed by atoms with Gasteiger partial charge < -0.3 is 15.0 Å². The molecule has 0 aliphatic carbocycles. The lowest BCUT2D eigenvalue weighted by Crippen LogP contribution is -2.40. The Bertz CT molecular complexity index is 689. The van der Waals surface area contributed by atoms with Crippen molar-refractivity contribution in [2.45, 2.75) is 25.8 Å². The number of benzene rings is 1. The van der Waals surface area contributed by atoms with Crippen molar-refractivity contribution in [3.8, 4) is 0 Å². The van der Waals surface area contributed by atoms with Gasteiger partial charge in [-0.15, -0.1) is 0 Å². The standard InChI is InChI=1S/C15H16N2O3/c1-9-4-2-5-11-10(9)8-12(16-11)14(18)17-7-3-6-13(17)15(19)20/h2,4-5,8,13,16H,3,6-7H2,1H3,(H,19,20)/t13-/m0/s1. The van der Waals surface area contributed by atoms with E-state index >= 15 is 0 Å². The number of rotatable bonds is 2. The van der Waals surface area contributed by atoms with Crippen molar-refractivity contribution in [1.82, 2.24) is 9.88 Å². The third-order valence-corrected chi connectivity index (χ3v) is 3.91. The molecular weight excluding hydrogens is 256 g/mol. The van der Waals surface area contributed by atoms with E-state index in [2.05, 4.69) is 4.98 Å². The zero-order chi connectivity index (χ0) is 14.3. The number of nitrogens with one attached hydrogen (secondary N) is 1. The van der Waals surface area contributed by atoms with Gasteiger partial charge in [0.1, 0.15) is 11.7 Å². The zero-order valence-electron chi connectivity index (χ0n) is 11.2. The van der Waals surface area contributed by atoms with Crippen molar-refractivity contribution in [3.63, 3.8) is 0 Å². The highest BCUT2D eigenvalue weighted by molar-refractivity contribution is 6.00. The lowest BCUT2D eigenvalue weighted by Gasteiger charge is -2.20. The van der Waals surface area contributed by atoms with Crippen LogP contribution in [-0.2, 0) is 4.79 Å². The van der Waals surface area contributed by atoms with Crippen LogP contribution in [-0.4, -0.2) is 39.5 Å². The van der Waals surface area contributed by atoms with Crippen LogP contribution in [0.25, 0.3) is 10.9 Å². The van der Waals surface area contributed by atoms with Gasteiger partial charge in [0.05, 0.1) is 0 Å². The molecule has 0 bridgehead atoms. The Kier molecular flexibility index (Phi) is 2.97. The summed E-state index contributed by atoms with van der Waals surface area (Å²) in [6.07, 6.45) is 1.27. The summed E-state index contributed by atoms with van der Waals surface area (Å²) in [5.41, 5.74) is 2.45. The highest BCUT2D eigenvalue weighted by atomic mass is 16.4. The topological polar surface area (TPSA) is 73.4 Å². The molecule has 0 unspecified atom stereocenters. The Morgan fingerprint density at radius 1 is 1.40 bits per heavy atom. The summed E-state index contributed by atoms with van der Waals surface area (Å²) in [5, 5.41) is 10.2. The number of hydrogen-bond donors (Lipinski definition) is 2. The van der Waals surface area contributed by atoms with Crippen LogP contribution in [0.4, 0.5) is 0 Å². The zero-order valence-corrected chi connectivity index (χ0v) is 11.2. The molecule has 1 aliphatic rings. The van der Waals surface area contributed by atoms with Gasteiger partial charge in [-0.05, 0) is 37.5 Å². The van der Waals surface area contributed by atoms with Crippen molar-refractivity contribution in [2.24, 2.45) is 0 Å². The average molecular weight is 272 g/mol. The van der Waals surface area contributed by atoms with E-state index < -0.39 is 12.0 Å². The molecule has 1 aromatic carbocycles. The van der Waals surface area contributed by atoms with Crippen molar-refractivity contribution in [3.05, 3.63) is 35.5 Å². The number of carbonyl (C=O) groups excluding carboxylic acids is 1. The molecule has 3 rings (SSSR count). The number of H-pyrrole nitrogens is 1. The summed E-state index contributed by atoms with van der Waals surface area (Å²) in [6, 6.07) is 6.94. The SMILES string of the molecule is Cc1cccc2[nH]c(C(=O)N3CCC[C@H]3C(=O)O)cc12. The van der Waals surface area contributed by atoms with Crippen molar-refractivity contribution >= 4 is 22.8 Å². The van der Waals surface area contributed by atoms with Crippen molar-refractivity contribution in [2.75, 3.05) is 6.54 Å². The molecule has 5 heteroatoms. The van der Waals surface area contributed by atoms with Gasteiger partial charge in [0, 0.05) is 17.4 Å². The molecule has 2 N–H and O–H groups in total. The number of fused-ring (bicyclic) bond motifs is 1. The fourth-order valence-electron chi connectivity index (χ4n) is 2.84. The minimum absolute atomic E-state index is 0.231. The maximum Gasteiger partial charge on any atom is 0.326 e. The Labute approximate surface area is 116 Å². The molecule has 0 spiro atoms. The van der Waals surface area contributed by atoms with E-state index in [1.807, 2.05) is 31.2 Å². The van der Waals surface area contributed by atoms with Gasteiger partial charge in [-0.1, -0.05) is 12.1 Å². The molecule has 1 fully saturated rings. The molecule has 104 valence electrons.